The van der Waals surface area contributed by atoms with Gasteiger partial charge in [0.15, 0.2) is 5.96 Å². The van der Waals surface area contributed by atoms with Crippen LogP contribution in [-0.2, 0) is 0 Å². The number of guanidine groups is 1. The summed E-state index contributed by atoms with van der Waals surface area (Å²) >= 11 is 0. The van der Waals surface area contributed by atoms with E-state index in [0.717, 1.165) is 25.6 Å². The molecule has 25 heavy (non-hydrogen) atoms. The standard InChI is InChI=1S/C20H33N5/c1-4-21-20(22-13-17(3)18-7-5-6-16(2)12-18)23-14-19-15-24-8-10-25(19)11-9-24/h5-7,12,17,19H,4,8-11,13-15H2,1-3H3,(H2,21,22,23). The van der Waals surface area contributed by atoms with Gasteiger partial charge in [0, 0.05) is 64.3 Å². The Kier molecular flexibility index (Phi) is 6.32. The van der Waals surface area contributed by atoms with Crippen molar-refractivity contribution in [1.29, 1.82) is 0 Å². The lowest BCUT2D eigenvalue weighted by molar-refractivity contribution is 0.0154. The van der Waals surface area contributed by atoms with Gasteiger partial charge in [0.05, 0.1) is 0 Å². The zero-order valence-electron chi connectivity index (χ0n) is 16.0. The first-order valence-electron chi connectivity index (χ1n) is 9.71. The van der Waals surface area contributed by atoms with Gasteiger partial charge < -0.3 is 10.6 Å². The Labute approximate surface area is 152 Å². The minimum Gasteiger partial charge on any atom is -0.357 e. The van der Waals surface area contributed by atoms with Crippen LogP contribution in [0, 0.1) is 6.92 Å². The minimum atomic E-state index is 0.427. The van der Waals surface area contributed by atoms with Gasteiger partial charge in [-0.3, -0.25) is 14.8 Å². The summed E-state index contributed by atoms with van der Waals surface area (Å²) in [6, 6.07) is 9.36. The fraction of sp³-hybridized carbons (Fsp3) is 0.650. The lowest BCUT2D eigenvalue weighted by Crippen LogP contribution is -2.63. The summed E-state index contributed by atoms with van der Waals surface area (Å²) in [5.74, 6) is 1.37. The zero-order chi connectivity index (χ0) is 17.6. The Morgan fingerprint density at radius 2 is 2.04 bits per heavy atom. The number of hydrogen-bond donors (Lipinski definition) is 2. The smallest absolute Gasteiger partial charge is 0.191 e. The first-order chi connectivity index (χ1) is 12.2. The quantitative estimate of drug-likeness (QED) is 0.609. The summed E-state index contributed by atoms with van der Waals surface area (Å²) in [6.07, 6.45) is 0. The number of aliphatic imine (C=N–C) groups is 1. The molecular weight excluding hydrogens is 310 g/mol. The van der Waals surface area contributed by atoms with Crippen molar-refractivity contribution in [3.8, 4) is 0 Å². The third-order valence-corrected chi connectivity index (χ3v) is 5.38. The molecule has 138 valence electrons. The van der Waals surface area contributed by atoms with Gasteiger partial charge in [-0.15, -0.1) is 0 Å². The third-order valence-electron chi connectivity index (χ3n) is 5.38. The van der Waals surface area contributed by atoms with Crippen molar-refractivity contribution in [3.05, 3.63) is 35.4 Å². The predicted octanol–water partition coefficient (Wildman–Crippen LogP) is 1.65. The molecule has 2 unspecified atom stereocenters. The van der Waals surface area contributed by atoms with Crippen LogP contribution in [-0.4, -0.2) is 74.2 Å². The Bertz CT molecular complexity index is 577. The van der Waals surface area contributed by atoms with Crippen LogP contribution in [0.1, 0.15) is 30.9 Å². The van der Waals surface area contributed by atoms with Crippen molar-refractivity contribution >= 4 is 5.96 Å². The molecule has 0 saturated carbocycles. The summed E-state index contributed by atoms with van der Waals surface area (Å²) < 4.78 is 0. The molecule has 0 aromatic heterocycles. The van der Waals surface area contributed by atoms with Crippen LogP contribution in [0.4, 0.5) is 0 Å². The number of benzene rings is 1. The lowest BCUT2D eigenvalue weighted by Gasteiger charge is -2.47. The molecule has 3 fully saturated rings. The first kappa shape index (κ1) is 18.2. The molecule has 0 amide bonds. The van der Waals surface area contributed by atoms with Crippen LogP contribution in [0.25, 0.3) is 0 Å². The van der Waals surface area contributed by atoms with Gasteiger partial charge in [-0.1, -0.05) is 36.8 Å². The largest absolute Gasteiger partial charge is 0.357 e. The van der Waals surface area contributed by atoms with E-state index in [1.54, 1.807) is 0 Å². The second-order valence-corrected chi connectivity index (χ2v) is 7.41. The van der Waals surface area contributed by atoms with Crippen molar-refractivity contribution in [3.63, 3.8) is 0 Å². The van der Waals surface area contributed by atoms with Crippen molar-refractivity contribution in [1.82, 2.24) is 20.4 Å². The number of hydrogen-bond acceptors (Lipinski definition) is 3. The van der Waals surface area contributed by atoms with E-state index in [0.29, 0.717) is 12.0 Å². The molecule has 2 atom stereocenters. The third kappa shape index (κ3) is 4.95. The average Bonchev–Trinajstić information content (AvgIpc) is 2.64. The molecule has 3 heterocycles. The summed E-state index contributed by atoms with van der Waals surface area (Å²) in [4.78, 5) is 10.0. The summed E-state index contributed by atoms with van der Waals surface area (Å²) in [6.45, 7) is 15.3. The van der Waals surface area contributed by atoms with Crippen LogP contribution in [0.3, 0.4) is 0 Å². The topological polar surface area (TPSA) is 42.9 Å². The second-order valence-electron chi connectivity index (χ2n) is 7.41. The molecule has 2 N–H and O–H groups in total. The highest BCUT2D eigenvalue weighted by Crippen LogP contribution is 2.17. The molecule has 1 aromatic carbocycles. The summed E-state index contributed by atoms with van der Waals surface area (Å²) in [5.41, 5.74) is 2.68. The predicted molar refractivity (Wildman–Crippen MR) is 105 cm³/mol. The van der Waals surface area contributed by atoms with Crippen LogP contribution < -0.4 is 10.6 Å². The fourth-order valence-electron chi connectivity index (χ4n) is 3.78. The molecule has 5 heteroatoms. The van der Waals surface area contributed by atoms with Crippen LogP contribution in [0.5, 0.6) is 0 Å². The number of aryl methyl sites for hydroxylation is 1. The molecule has 1 aromatic rings. The molecule has 4 rings (SSSR count). The highest BCUT2D eigenvalue weighted by atomic mass is 15.4. The second kappa shape index (κ2) is 8.68. The molecule has 2 bridgehead atoms. The molecule has 3 saturated heterocycles. The molecular formula is C20H33N5. The summed E-state index contributed by atoms with van der Waals surface area (Å²) in [7, 11) is 0. The van der Waals surface area contributed by atoms with E-state index in [9.17, 15) is 0 Å². The van der Waals surface area contributed by atoms with Gasteiger partial charge in [-0.05, 0) is 19.4 Å². The SMILES string of the molecule is CCNC(=NCC(C)c1cccc(C)c1)NCC1CN2CCN1CC2. The summed E-state index contributed by atoms with van der Waals surface area (Å²) in [5, 5.41) is 6.96. The lowest BCUT2D eigenvalue weighted by atomic mass is 10.00. The maximum atomic E-state index is 4.83. The maximum Gasteiger partial charge on any atom is 0.191 e. The Balaban J connectivity index is 1.53. The first-order valence-corrected chi connectivity index (χ1v) is 9.71. The van der Waals surface area contributed by atoms with Crippen molar-refractivity contribution in [2.24, 2.45) is 4.99 Å². The van der Waals surface area contributed by atoms with E-state index >= 15 is 0 Å². The number of rotatable bonds is 6. The van der Waals surface area contributed by atoms with Crippen LogP contribution >= 0.6 is 0 Å². The van der Waals surface area contributed by atoms with E-state index in [4.69, 9.17) is 4.99 Å². The molecule has 5 nitrogen and oxygen atoms in total. The molecule has 0 aliphatic carbocycles. The van der Waals surface area contributed by atoms with Gasteiger partial charge >= 0.3 is 0 Å². The van der Waals surface area contributed by atoms with Crippen molar-refractivity contribution < 1.29 is 0 Å². The number of piperazine rings is 3. The van der Waals surface area contributed by atoms with Gasteiger partial charge in [0.25, 0.3) is 0 Å². The number of nitrogens with zero attached hydrogens (tertiary/aromatic N) is 3. The average molecular weight is 344 g/mol. The number of nitrogens with one attached hydrogen (secondary N) is 2. The molecule has 0 spiro atoms. The van der Waals surface area contributed by atoms with Crippen molar-refractivity contribution in [2.45, 2.75) is 32.7 Å². The van der Waals surface area contributed by atoms with Crippen molar-refractivity contribution in [2.75, 3.05) is 52.4 Å². The van der Waals surface area contributed by atoms with E-state index in [-0.39, 0.29) is 0 Å². The zero-order valence-corrected chi connectivity index (χ0v) is 16.0. The van der Waals surface area contributed by atoms with E-state index in [2.05, 4.69) is 65.5 Å². The van der Waals surface area contributed by atoms with E-state index in [1.165, 1.54) is 43.9 Å². The highest BCUT2D eigenvalue weighted by Gasteiger charge is 2.31. The van der Waals surface area contributed by atoms with Crippen LogP contribution in [0.15, 0.2) is 29.3 Å². The monoisotopic (exact) mass is 343 g/mol. The minimum absolute atomic E-state index is 0.427. The molecule has 3 aliphatic heterocycles. The van der Waals surface area contributed by atoms with Gasteiger partial charge in [0.2, 0.25) is 0 Å². The Hall–Kier alpha value is -1.59. The Morgan fingerprint density at radius 1 is 1.24 bits per heavy atom. The van der Waals surface area contributed by atoms with Crippen LogP contribution in [0.2, 0.25) is 0 Å². The molecule has 0 radical (unpaired) electrons. The van der Waals surface area contributed by atoms with Gasteiger partial charge in [0.1, 0.15) is 0 Å². The molecule has 3 aliphatic rings. The van der Waals surface area contributed by atoms with Gasteiger partial charge in [-0.2, -0.15) is 0 Å². The highest BCUT2D eigenvalue weighted by molar-refractivity contribution is 5.79. The van der Waals surface area contributed by atoms with Gasteiger partial charge in [-0.25, -0.2) is 0 Å². The maximum absolute atomic E-state index is 4.83. The Morgan fingerprint density at radius 3 is 2.68 bits per heavy atom. The normalized spacial score (nSPS) is 27.2. The van der Waals surface area contributed by atoms with E-state index < -0.39 is 0 Å². The van der Waals surface area contributed by atoms with E-state index in [1.807, 2.05) is 0 Å². The fourth-order valence-corrected chi connectivity index (χ4v) is 3.78. The number of fused-ring (bicyclic) bond motifs is 3.